The van der Waals surface area contributed by atoms with Crippen molar-refractivity contribution in [3.8, 4) is 0 Å². The highest BCUT2D eigenvalue weighted by Crippen LogP contribution is 2.36. The number of carbonyl (C=O) groups excluding carboxylic acids is 1. The van der Waals surface area contributed by atoms with Crippen LogP contribution in [0.3, 0.4) is 0 Å². The highest BCUT2D eigenvalue weighted by Gasteiger charge is 2.47. The molecule has 0 bridgehead atoms. The number of carbonyl (C=O) groups is 1. The van der Waals surface area contributed by atoms with Crippen molar-refractivity contribution in [2.45, 2.75) is 38.4 Å². The lowest BCUT2D eigenvalue weighted by Gasteiger charge is -2.24. The van der Waals surface area contributed by atoms with Crippen LogP contribution in [0.15, 0.2) is 17.8 Å². The third-order valence-corrected chi connectivity index (χ3v) is 5.43. The van der Waals surface area contributed by atoms with Crippen LogP contribution in [0.25, 0.3) is 0 Å². The van der Waals surface area contributed by atoms with Gasteiger partial charge in [0.05, 0.1) is 28.6 Å². The second-order valence-electron chi connectivity index (χ2n) is 6.09. The topological polar surface area (TPSA) is 54.3 Å². The molecule has 4 rings (SSSR count). The summed E-state index contributed by atoms with van der Waals surface area (Å²) in [4.78, 5) is 21.4. The van der Waals surface area contributed by atoms with Gasteiger partial charge in [-0.05, 0) is 13.3 Å². The molecule has 4 heterocycles. The molecule has 6 nitrogen and oxygen atoms in total. The van der Waals surface area contributed by atoms with E-state index in [9.17, 15) is 4.79 Å². The van der Waals surface area contributed by atoms with Gasteiger partial charge >= 0.3 is 0 Å². The maximum atomic E-state index is 12.4. The molecule has 0 N–H and O–H groups in total. The number of fused-ring (bicyclic) bond motifs is 1. The summed E-state index contributed by atoms with van der Waals surface area (Å²) < 4.78 is 1.75. The summed E-state index contributed by atoms with van der Waals surface area (Å²) in [7, 11) is 1.88. The van der Waals surface area contributed by atoms with Gasteiger partial charge in [0.1, 0.15) is 0 Å². The van der Waals surface area contributed by atoms with Crippen LogP contribution in [0.2, 0.25) is 0 Å². The summed E-state index contributed by atoms with van der Waals surface area (Å²) in [6, 6.07) is 0.575. The zero-order valence-electron chi connectivity index (χ0n) is 12.8. The number of hydrogen-bond acceptors (Lipinski definition) is 5. The van der Waals surface area contributed by atoms with Gasteiger partial charge in [0, 0.05) is 44.2 Å². The minimum absolute atomic E-state index is 0.210. The molecule has 0 unspecified atom stereocenters. The van der Waals surface area contributed by atoms with Crippen LogP contribution in [0.1, 0.15) is 23.5 Å². The average Bonchev–Trinajstić information content (AvgIpc) is 3.20. The summed E-state index contributed by atoms with van der Waals surface area (Å²) in [5.41, 5.74) is 2.04. The molecule has 0 radical (unpaired) electrons. The maximum Gasteiger partial charge on any atom is 0.229 e. The number of anilines is 1. The van der Waals surface area contributed by atoms with E-state index in [4.69, 9.17) is 0 Å². The Morgan fingerprint density at radius 2 is 2.27 bits per heavy atom. The zero-order chi connectivity index (χ0) is 15.3. The van der Waals surface area contributed by atoms with Crippen LogP contribution in [0, 0.1) is 6.92 Å². The van der Waals surface area contributed by atoms with Gasteiger partial charge < -0.3 is 4.90 Å². The number of aryl methyl sites for hydroxylation is 2. The number of rotatable bonds is 3. The van der Waals surface area contributed by atoms with Crippen molar-refractivity contribution in [3.05, 3.63) is 28.5 Å². The van der Waals surface area contributed by atoms with Gasteiger partial charge in [0.15, 0.2) is 0 Å². The summed E-state index contributed by atoms with van der Waals surface area (Å²) in [5, 5.41) is 7.43. The number of amides is 1. The molecular formula is C15H19N5OS. The van der Waals surface area contributed by atoms with E-state index in [2.05, 4.69) is 20.4 Å². The molecule has 2 aromatic rings. The van der Waals surface area contributed by atoms with E-state index in [0.29, 0.717) is 12.5 Å². The van der Waals surface area contributed by atoms with Gasteiger partial charge in [-0.2, -0.15) is 5.10 Å². The fourth-order valence-corrected chi connectivity index (χ4v) is 4.29. The molecule has 116 valence electrons. The molecule has 0 saturated carbocycles. The SMILES string of the molecule is Cc1nc(CN2CC[C@@H]3[C@@H]2CC(=O)N3c2cnn(C)c2)cs1. The van der Waals surface area contributed by atoms with E-state index < -0.39 is 0 Å². The normalized spacial score (nSPS) is 25.2. The van der Waals surface area contributed by atoms with E-state index in [1.807, 2.05) is 25.1 Å². The molecule has 2 saturated heterocycles. The minimum atomic E-state index is 0.210. The molecule has 2 aliphatic rings. The number of thiazole rings is 1. The standard InChI is InChI=1S/C15H19N5OS/c1-10-17-11(9-22-10)7-19-4-3-13-14(19)5-15(21)20(13)12-6-16-18(2)8-12/h6,8-9,13-14H,3-5,7H2,1-2H3/t13-,14+/m1/s1. The van der Waals surface area contributed by atoms with Crippen LogP contribution < -0.4 is 4.90 Å². The second-order valence-corrected chi connectivity index (χ2v) is 7.15. The van der Waals surface area contributed by atoms with E-state index >= 15 is 0 Å². The van der Waals surface area contributed by atoms with Crippen LogP contribution in [-0.4, -0.2) is 44.2 Å². The molecule has 0 spiro atoms. The predicted octanol–water partition coefficient (Wildman–Crippen LogP) is 1.56. The Hall–Kier alpha value is -1.73. The fourth-order valence-electron chi connectivity index (χ4n) is 3.68. The van der Waals surface area contributed by atoms with E-state index in [0.717, 1.165) is 35.9 Å². The molecule has 22 heavy (non-hydrogen) atoms. The molecule has 0 aliphatic carbocycles. The molecule has 2 aliphatic heterocycles. The number of likely N-dealkylation sites (tertiary alicyclic amines) is 1. The van der Waals surface area contributed by atoms with Crippen molar-refractivity contribution in [2.75, 3.05) is 11.4 Å². The highest BCUT2D eigenvalue weighted by atomic mass is 32.1. The highest BCUT2D eigenvalue weighted by molar-refractivity contribution is 7.09. The summed E-state index contributed by atoms with van der Waals surface area (Å²) in [6.07, 6.45) is 5.33. The largest absolute Gasteiger partial charge is 0.305 e. The summed E-state index contributed by atoms with van der Waals surface area (Å²) in [6.45, 7) is 3.90. The molecule has 2 atom stereocenters. The lowest BCUT2D eigenvalue weighted by molar-refractivity contribution is -0.117. The Morgan fingerprint density at radius 1 is 1.41 bits per heavy atom. The average molecular weight is 317 g/mol. The molecule has 2 aromatic heterocycles. The van der Waals surface area contributed by atoms with Gasteiger partial charge in [-0.15, -0.1) is 11.3 Å². The van der Waals surface area contributed by atoms with Gasteiger partial charge in [-0.1, -0.05) is 0 Å². The fraction of sp³-hybridized carbons (Fsp3) is 0.533. The van der Waals surface area contributed by atoms with Gasteiger partial charge in [0.2, 0.25) is 5.91 Å². The Balaban J connectivity index is 1.54. The van der Waals surface area contributed by atoms with E-state index in [1.54, 1.807) is 22.2 Å². The summed E-state index contributed by atoms with van der Waals surface area (Å²) >= 11 is 1.69. The molecule has 7 heteroatoms. The monoisotopic (exact) mass is 317 g/mol. The smallest absolute Gasteiger partial charge is 0.229 e. The number of nitrogens with zero attached hydrogens (tertiary/aromatic N) is 5. The Morgan fingerprint density at radius 3 is 2.95 bits per heavy atom. The van der Waals surface area contributed by atoms with Crippen molar-refractivity contribution >= 4 is 22.9 Å². The van der Waals surface area contributed by atoms with Crippen LogP contribution >= 0.6 is 11.3 Å². The first kappa shape index (κ1) is 13.9. The second kappa shape index (κ2) is 5.17. The predicted molar refractivity (Wildman–Crippen MR) is 84.8 cm³/mol. The molecular weight excluding hydrogens is 298 g/mol. The minimum Gasteiger partial charge on any atom is -0.305 e. The molecule has 0 aromatic carbocycles. The summed E-state index contributed by atoms with van der Waals surface area (Å²) in [5.74, 6) is 0.210. The first-order valence-electron chi connectivity index (χ1n) is 7.57. The lowest BCUT2D eigenvalue weighted by Crippen LogP contribution is -2.37. The first-order chi connectivity index (χ1) is 10.6. The van der Waals surface area contributed by atoms with Gasteiger partial charge in [0.25, 0.3) is 0 Å². The third kappa shape index (κ3) is 2.24. The number of hydrogen-bond donors (Lipinski definition) is 0. The Labute approximate surface area is 133 Å². The van der Waals surface area contributed by atoms with Crippen molar-refractivity contribution in [1.29, 1.82) is 0 Å². The Kier molecular flexibility index (Phi) is 3.27. The van der Waals surface area contributed by atoms with Gasteiger partial charge in [-0.3, -0.25) is 14.4 Å². The van der Waals surface area contributed by atoms with Crippen molar-refractivity contribution in [1.82, 2.24) is 19.7 Å². The molecule has 1 amide bonds. The third-order valence-electron chi connectivity index (χ3n) is 4.61. The van der Waals surface area contributed by atoms with E-state index in [1.165, 1.54) is 0 Å². The Bertz CT molecular complexity index is 708. The molecule has 2 fully saturated rings. The lowest BCUT2D eigenvalue weighted by atomic mass is 10.1. The van der Waals surface area contributed by atoms with Crippen molar-refractivity contribution < 1.29 is 4.79 Å². The quantitative estimate of drug-likeness (QED) is 0.862. The van der Waals surface area contributed by atoms with E-state index in [-0.39, 0.29) is 11.9 Å². The maximum absolute atomic E-state index is 12.4. The first-order valence-corrected chi connectivity index (χ1v) is 8.45. The van der Waals surface area contributed by atoms with Crippen LogP contribution in [-0.2, 0) is 18.4 Å². The van der Waals surface area contributed by atoms with Gasteiger partial charge in [-0.25, -0.2) is 4.98 Å². The zero-order valence-corrected chi connectivity index (χ0v) is 13.6. The van der Waals surface area contributed by atoms with Crippen LogP contribution in [0.4, 0.5) is 5.69 Å². The van der Waals surface area contributed by atoms with Crippen LogP contribution in [0.5, 0.6) is 0 Å². The van der Waals surface area contributed by atoms with Crippen molar-refractivity contribution in [3.63, 3.8) is 0 Å². The number of aromatic nitrogens is 3. The van der Waals surface area contributed by atoms with Crippen molar-refractivity contribution in [2.24, 2.45) is 7.05 Å².